The summed E-state index contributed by atoms with van der Waals surface area (Å²) in [7, 11) is -4.53. The second-order valence-corrected chi connectivity index (χ2v) is 6.82. The Balaban J connectivity index is 2.29. The molecule has 0 aromatic heterocycles. The highest BCUT2D eigenvalue weighted by Crippen LogP contribution is 2.32. The maximum absolute atomic E-state index is 12.4. The van der Waals surface area contributed by atoms with Gasteiger partial charge in [0.15, 0.2) is 0 Å². The first kappa shape index (κ1) is 19.8. The normalized spacial score (nSPS) is 16.2. The van der Waals surface area contributed by atoms with Gasteiger partial charge in [-0.2, -0.15) is 21.6 Å². The lowest BCUT2D eigenvalue weighted by Crippen LogP contribution is -2.28. The molecule has 1 aliphatic carbocycles. The number of hydrogen-bond acceptors (Lipinski definition) is 5. The zero-order valence-corrected chi connectivity index (χ0v) is 14.3. The van der Waals surface area contributed by atoms with Crippen molar-refractivity contribution < 1.29 is 35.3 Å². The Bertz CT molecular complexity index is 820. The van der Waals surface area contributed by atoms with E-state index in [0.29, 0.717) is 5.56 Å². The highest BCUT2D eigenvalue weighted by molar-refractivity contribution is 7.88. The second kappa shape index (κ2) is 7.77. The third kappa shape index (κ3) is 4.54. The van der Waals surface area contributed by atoms with Crippen LogP contribution in [-0.2, 0) is 19.6 Å². The first-order valence-corrected chi connectivity index (χ1v) is 8.77. The van der Waals surface area contributed by atoms with Crippen LogP contribution in [0.3, 0.4) is 0 Å². The molecule has 0 saturated carbocycles. The van der Waals surface area contributed by atoms with Crippen molar-refractivity contribution in [3.63, 3.8) is 0 Å². The lowest BCUT2D eigenvalue weighted by Gasteiger charge is -2.20. The molecule has 140 valence electrons. The molecule has 26 heavy (non-hydrogen) atoms. The van der Waals surface area contributed by atoms with Gasteiger partial charge in [-0.3, -0.25) is 4.79 Å². The largest absolute Gasteiger partial charge is 0.534 e. The van der Waals surface area contributed by atoms with Gasteiger partial charge in [0.1, 0.15) is 5.75 Å². The molecule has 0 heterocycles. The molecule has 1 aliphatic rings. The van der Waals surface area contributed by atoms with E-state index in [4.69, 9.17) is 4.74 Å². The molecule has 0 N–H and O–H groups in total. The molecule has 0 saturated heterocycles. The van der Waals surface area contributed by atoms with Crippen LogP contribution in [0.2, 0.25) is 0 Å². The van der Waals surface area contributed by atoms with Gasteiger partial charge in [0.2, 0.25) is 0 Å². The van der Waals surface area contributed by atoms with Crippen molar-refractivity contribution in [1.82, 2.24) is 0 Å². The predicted octanol–water partition coefficient (Wildman–Crippen LogP) is 3.47. The van der Waals surface area contributed by atoms with E-state index >= 15 is 0 Å². The zero-order valence-electron chi connectivity index (χ0n) is 13.5. The minimum absolute atomic E-state index is 0.344. The summed E-state index contributed by atoms with van der Waals surface area (Å²) in [5, 5.41) is 0. The topological polar surface area (TPSA) is 69.7 Å². The standard InChI is InChI=1S/C17H15F3O5S/c1-24-16(21)15(12-6-4-2-3-5-7-12)13-8-10-14(11-9-13)25-26(22,23)17(18,19)20/h2-12,15H,1H3/t15-/m1/s1. The van der Waals surface area contributed by atoms with Gasteiger partial charge in [-0.1, -0.05) is 48.6 Å². The molecule has 5 nitrogen and oxygen atoms in total. The van der Waals surface area contributed by atoms with Crippen LogP contribution in [0.25, 0.3) is 0 Å². The van der Waals surface area contributed by atoms with Gasteiger partial charge >= 0.3 is 21.6 Å². The van der Waals surface area contributed by atoms with Gasteiger partial charge in [0, 0.05) is 5.92 Å². The summed E-state index contributed by atoms with van der Waals surface area (Å²) in [4.78, 5) is 12.2. The van der Waals surface area contributed by atoms with E-state index < -0.39 is 33.3 Å². The van der Waals surface area contributed by atoms with Gasteiger partial charge in [-0.05, 0) is 17.7 Å². The Labute approximate surface area is 148 Å². The van der Waals surface area contributed by atoms with E-state index in [1.807, 2.05) is 0 Å². The van der Waals surface area contributed by atoms with Crippen molar-refractivity contribution in [2.45, 2.75) is 11.4 Å². The first-order valence-electron chi connectivity index (χ1n) is 7.36. The summed E-state index contributed by atoms with van der Waals surface area (Å²) in [6.07, 6.45) is 10.6. The van der Waals surface area contributed by atoms with Crippen LogP contribution < -0.4 is 4.18 Å². The van der Waals surface area contributed by atoms with E-state index in [0.717, 1.165) is 12.1 Å². The average Bonchev–Trinajstić information content (AvgIpc) is 2.84. The molecule has 0 spiro atoms. The van der Waals surface area contributed by atoms with Crippen LogP contribution in [0.4, 0.5) is 13.2 Å². The monoisotopic (exact) mass is 388 g/mol. The number of alkyl halides is 3. The van der Waals surface area contributed by atoms with Crippen LogP contribution in [0, 0.1) is 5.92 Å². The molecule has 2 rings (SSSR count). The Hall–Kier alpha value is -2.55. The van der Waals surface area contributed by atoms with Gasteiger partial charge < -0.3 is 8.92 Å². The van der Waals surface area contributed by atoms with Crippen LogP contribution in [-0.4, -0.2) is 27.0 Å². The summed E-state index contributed by atoms with van der Waals surface area (Å²) in [6, 6.07) is 4.75. The molecule has 0 unspecified atom stereocenters. The molecule has 1 atom stereocenters. The number of allylic oxidation sites excluding steroid dienone is 6. The maximum atomic E-state index is 12.4. The Morgan fingerprint density at radius 3 is 2.04 bits per heavy atom. The maximum Gasteiger partial charge on any atom is 0.534 e. The molecule has 9 heteroatoms. The summed E-state index contributed by atoms with van der Waals surface area (Å²) in [5.41, 5.74) is -5.09. The number of carbonyl (C=O) groups is 1. The molecule has 0 fully saturated rings. The number of carbonyl (C=O) groups excluding carboxylic acids is 1. The van der Waals surface area contributed by atoms with E-state index in [-0.39, 0.29) is 5.92 Å². The van der Waals surface area contributed by atoms with Gasteiger partial charge in [0.25, 0.3) is 0 Å². The van der Waals surface area contributed by atoms with Crippen molar-refractivity contribution in [1.29, 1.82) is 0 Å². The van der Waals surface area contributed by atoms with E-state index in [2.05, 4.69) is 4.18 Å². The summed E-state index contributed by atoms with van der Waals surface area (Å²) in [6.45, 7) is 0. The molecule has 0 amide bonds. The lowest BCUT2D eigenvalue weighted by atomic mass is 9.85. The molecule has 0 radical (unpaired) electrons. The Morgan fingerprint density at radius 2 is 1.58 bits per heavy atom. The van der Waals surface area contributed by atoms with Gasteiger partial charge in [-0.15, -0.1) is 0 Å². The van der Waals surface area contributed by atoms with E-state index in [9.17, 15) is 26.4 Å². The third-order valence-corrected chi connectivity index (χ3v) is 4.55. The fourth-order valence-corrected chi connectivity index (χ4v) is 2.81. The SMILES string of the molecule is COC(=O)[C@@H](c1ccc(OS(=O)(=O)C(F)(F)F)cc1)C1C=CC=CC=C1. The van der Waals surface area contributed by atoms with Gasteiger partial charge in [-0.25, -0.2) is 0 Å². The molecular weight excluding hydrogens is 373 g/mol. The quantitative estimate of drug-likeness (QED) is 0.439. The predicted molar refractivity (Wildman–Crippen MR) is 87.7 cm³/mol. The van der Waals surface area contributed by atoms with E-state index in [1.54, 1.807) is 36.5 Å². The number of rotatable bonds is 5. The second-order valence-electron chi connectivity index (χ2n) is 5.29. The van der Waals surface area contributed by atoms with Crippen molar-refractivity contribution in [3.8, 4) is 5.75 Å². The summed E-state index contributed by atoms with van der Waals surface area (Å²) < 4.78 is 68.0. The summed E-state index contributed by atoms with van der Waals surface area (Å²) in [5.74, 6) is -2.14. The first-order chi connectivity index (χ1) is 12.2. The molecular formula is C17H15F3O5S. The fourth-order valence-electron chi connectivity index (χ4n) is 2.35. The minimum atomic E-state index is -5.75. The minimum Gasteiger partial charge on any atom is -0.469 e. The molecule has 1 aromatic carbocycles. The molecule has 1 aromatic rings. The lowest BCUT2D eigenvalue weighted by molar-refractivity contribution is -0.143. The Kier molecular flexibility index (Phi) is 5.91. The smallest absolute Gasteiger partial charge is 0.469 e. The number of halogens is 3. The summed E-state index contributed by atoms with van der Waals surface area (Å²) >= 11 is 0. The van der Waals surface area contributed by atoms with Crippen molar-refractivity contribution >= 4 is 16.1 Å². The molecule has 0 aliphatic heterocycles. The van der Waals surface area contributed by atoms with Gasteiger partial charge in [0.05, 0.1) is 13.0 Å². The fraction of sp³-hybridized carbons (Fsp3) is 0.235. The van der Waals surface area contributed by atoms with Crippen LogP contribution in [0.1, 0.15) is 11.5 Å². The van der Waals surface area contributed by atoms with Crippen LogP contribution in [0.5, 0.6) is 5.75 Å². The number of benzene rings is 1. The van der Waals surface area contributed by atoms with Crippen LogP contribution in [0.15, 0.2) is 60.7 Å². The Morgan fingerprint density at radius 1 is 1.04 bits per heavy atom. The average molecular weight is 388 g/mol. The van der Waals surface area contributed by atoms with Crippen molar-refractivity contribution in [2.24, 2.45) is 5.92 Å². The zero-order chi connectivity index (χ0) is 19.4. The number of esters is 1. The number of methoxy groups -OCH3 is 1. The van der Waals surface area contributed by atoms with E-state index in [1.165, 1.54) is 19.2 Å². The van der Waals surface area contributed by atoms with Crippen LogP contribution >= 0.6 is 0 Å². The highest BCUT2D eigenvalue weighted by atomic mass is 32.2. The third-order valence-electron chi connectivity index (χ3n) is 3.57. The number of ether oxygens (including phenoxy) is 1. The number of hydrogen-bond donors (Lipinski definition) is 0. The van der Waals surface area contributed by atoms with Crippen molar-refractivity contribution in [3.05, 3.63) is 66.3 Å². The highest BCUT2D eigenvalue weighted by Gasteiger charge is 2.48. The van der Waals surface area contributed by atoms with Crippen molar-refractivity contribution in [2.75, 3.05) is 7.11 Å². The molecule has 0 bridgehead atoms.